The predicted molar refractivity (Wildman–Crippen MR) is 126 cm³/mol. The highest BCUT2D eigenvalue weighted by molar-refractivity contribution is 4.96. The van der Waals surface area contributed by atoms with Crippen molar-refractivity contribution in [3.8, 4) is 0 Å². The second-order valence-corrected chi connectivity index (χ2v) is 8.99. The van der Waals surface area contributed by atoms with Crippen LogP contribution >= 0.6 is 0 Å². The molecule has 0 saturated heterocycles. The Balaban J connectivity index is 2.13. The molecular formula is C26H52N2. The molecule has 166 valence electrons. The molecule has 0 amide bonds. The Kier molecular flexibility index (Phi) is 16.7. The van der Waals surface area contributed by atoms with Crippen molar-refractivity contribution in [2.75, 3.05) is 13.1 Å². The maximum absolute atomic E-state index is 2.64. The molecule has 1 unspecified atom stereocenters. The fourth-order valence-electron chi connectivity index (χ4n) is 4.49. The normalized spacial score (nSPS) is 16.5. The Morgan fingerprint density at radius 3 is 1.39 bits per heavy atom. The van der Waals surface area contributed by atoms with Crippen molar-refractivity contribution in [1.82, 2.24) is 9.80 Å². The first-order chi connectivity index (χ1) is 13.8. The van der Waals surface area contributed by atoms with E-state index in [-0.39, 0.29) is 0 Å². The first-order valence-electron chi connectivity index (χ1n) is 13.0. The summed E-state index contributed by atoms with van der Waals surface area (Å²) >= 11 is 0. The highest BCUT2D eigenvalue weighted by atomic mass is 15.4. The zero-order valence-electron chi connectivity index (χ0n) is 19.8. The monoisotopic (exact) mass is 392 g/mol. The van der Waals surface area contributed by atoms with Crippen molar-refractivity contribution in [3.63, 3.8) is 0 Å². The summed E-state index contributed by atoms with van der Waals surface area (Å²) in [5.41, 5.74) is 0. The maximum atomic E-state index is 2.64. The van der Waals surface area contributed by atoms with E-state index >= 15 is 0 Å². The van der Waals surface area contributed by atoms with E-state index in [4.69, 9.17) is 0 Å². The summed E-state index contributed by atoms with van der Waals surface area (Å²) in [6.45, 7) is 9.38. The van der Waals surface area contributed by atoms with Crippen molar-refractivity contribution in [2.45, 2.75) is 143 Å². The van der Waals surface area contributed by atoms with Gasteiger partial charge in [0.1, 0.15) is 6.17 Å². The quantitative estimate of drug-likeness (QED) is 0.192. The minimum absolute atomic E-state index is 0.643. The van der Waals surface area contributed by atoms with Gasteiger partial charge in [-0.25, -0.2) is 0 Å². The van der Waals surface area contributed by atoms with Crippen LogP contribution in [0.1, 0.15) is 136 Å². The van der Waals surface area contributed by atoms with Gasteiger partial charge in [0.15, 0.2) is 0 Å². The van der Waals surface area contributed by atoms with E-state index < -0.39 is 0 Å². The van der Waals surface area contributed by atoms with Gasteiger partial charge in [0.25, 0.3) is 0 Å². The zero-order chi connectivity index (χ0) is 20.3. The molecule has 0 N–H and O–H groups in total. The van der Waals surface area contributed by atoms with E-state index in [1.807, 2.05) is 0 Å². The van der Waals surface area contributed by atoms with Crippen LogP contribution in [0.4, 0.5) is 0 Å². The predicted octanol–water partition coefficient (Wildman–Crippen LogP) is 8.48. The molecule has 0 spiro atoms. The van der Waals surface area contributed by atoms with E-state index in [1.165, 1.54) is 129 Å². The van der Waals surface area contributed by atoms with E-state index in [2.05, 4.69) is 43.0 Å². The number of nitrogens with zero attached hydrogens (tertiary/aromatic N) is 2. The molecule has 0 saturated carbocycles. The third-order valence-electron chi connectivity index (χ3n) is 6.28. The van der Waals surface area contributed by atoms with Crippen molar-refractivity contribution in [2.24, 2.45) is 0 Å². The highest BCUT2D eigenvalue weighted by Gasteiger charge is 2.24. The van der Waals surface area contributed by atoms with E-state index in [9.17, 15) is 0 Å². The second-order valence-electron chi connectivity index (χ2n) is 8.99. The SMILES string of the molecule is CCCCCCCCCCCCC1N(CCC)C=CN1CCCCCCCC. The fourth-order valence-corrected chi connectivity index (χ4v) is 4.49. The molecule has 28 heavy (non-hydrogen) atoms. The molecule has 2 heteroatoms. The average Bonchev–Trinajstić information content (AvgIpc) is 3.08. The standard InChI is InChI=1S/C26H52N2/c1-4-7-9-11-13-14-15-16-17-19-21-26-27(22-6-3)24-25-28(26)23-20-18-12-10-8-5-2/h24-26H,4-23H2,1-3H3. The van der Waals surface area contributed by atoms with Crippen molar-refractivity contribution in [1.29, 1.82) is 0 Å². The molecule has 0 fully saturated rings. The summed E-state index contributed by atoms with van der Waals surface area (Å²) < 4.78 is 0. The van der Waals surface area contributed by atoms with Crippen molar-refractivity contribution in [3.05, 3.63) is 12.4 Å². The highest BCUT2D eigenvalue weighted by Crippen LogP contribution is 2.23. The molecule has 0 aromatic rings. The molecule has 0 radical (unpaired) electrons. The van der Waals surface area contributed by atoms with Gasteiger partial charge in [-0.2, -0.15) is 0 Å². The maximum Gasteiger partial charge on any atom is 0.101 e. The Morgan fingerprint density at radius 2 is 0.893 bits per heavy atom. The van der Waals surface area contributed by atoms with Gasteiger partial charge in [0.2, 0.25) is 0 Å². The van der Waals surface area contributed by atoms with Crippen LogP contribution in [0.15, 0.2) is 12.4 Å². The van der Waals surface area contributed by atoms with Crippen LogP contribution in [0.25, 0.3) is 0 Å². The number of unbranched alkanes of at least 4 members (excludes halogenated alkanes) is 14. The Hall–Kier alpha value is -0.660. The van der Waals surface area contributed by atoms with Gasteiger partial charge in [-0.3, -0.25) is 0 Å². The molecule has 1 aliphatic rings. The average molecular weight is 393 g/mol. The Bertz CT molecular complexity index is 352. The lowest BCUT2D eigenvalue weighted by Crippen LogP contribution is -2.39. The lowest BCUT2D eigenvalue weighted by Gasteiger charge is -2.33. The summed E-state index contributed by atoms with van der Waals surface area (Å²) in [7, 11) is 0. The third kappa shape index (κ3) is 12.0. The van der Waals surface area contributed by atoms with E-state index in [1.54, 1.807) is 0 Å². The topological polar surface area (TPSA) is 6.48 Å². The first kappa shape index (κ1) is 25.4. The molecule has 0 aliphatic carbocycles. The van der Waals surface area contributed by atoms with Gasteiger partial charge in [0, 0.05) is 25.5 Å². The Morgan fingerprint density at radius 1 is 0.464 bits per heavy atom. The van der Waals surface area contributed by atoms with Crippen LogP contribution in [0.3, 0.4) is 0 Å². The molecule has 1 rings (SSSR count). The van der Waals surface area contributed by atoms with E-state index in [0.29, 0.717) is 6.17 Å². The van der Waals surface area contributed by atoms with Gasteiger partial charge in [-0.15, -0.1) is 0 Å². The molecule has 0 bridgehead atoms. The molecule has 2 nitrogen and oxygen atoms in total. The van der Waals surface area contributed by atoms with E-state index in [0.717, 1.165) is 0 Å². The van der Waals surface area contributed by atoms with Crippen molar-refractivity contribution < 1.29 is 0 Å². The molecule has 0 aromatic heterocycles. The van der Waals surface area contributed by atoms with Gasteiger partial charge >= 0.3 is 0 Å². The fraction of sp³-hybridized carbons (Fsp3) is 0.923. The summed E-state index contributed by atoms with van der Waals surface area (Å²) in [6.07, 6.45) is 30.7. The van der Waals surface area contributed by atoms with Crippen LogP contribution in [0.5, 0.6) is 0 Å². The smallest absolute Gasteiger partial charge is 0.101 e. The second kappa shape index (κ2) is 18.4. The first-order valence-corrected chi connectivity index (χ1v) is 13.0. The van der Waals surface area contributed by atoms with Crippen LogP contribution in [-0.4, -0.2) is 29.1 Å². The summed E-state index contributed by atoms with van der Waals surface area (Å²) in [4.78, 5) is 5.24. The summed E-state index contributed by atoms with van der Waals surface area (Å²) in [6, 6.07) is 0. The van der Waals surface area contributed by atoms with Crippen molar-refractivity contribution >= 4 is 0 Å². The lowest BCUT2D eigenvalue weighted by molar-refractivity contribution is 0.137. The van der Waals surface area contributed by atoms with Crippen LogP contribution in [0, 0.1) is 0 Å². The third-order valence-corrected chi connectivity index (χ3v) is 6.28. The van der Waals surface area contributed by atoms with Gasteiger partial charge in [-0.1, -0.05) is 111 Å². The lowest BCUT2D eigenvalue weighted by atomic mass is 10.0. The number of hydrogen-bond acceptors (Lipinski definition) is 2. The summed E-state index contributed by atoms with van der Waals surface area (Å²) in [5, 5.41) is 0. The zero-order valence-corrected chi connectivity index (χ0v) is 19.8. The van der Waals surface area contributed by atoms with Gasteiger partial charge < -0.3 is 9.80 Å². The van der Waals surface area contributed by atoms with Crippen LogP contribution < -0.4 is 0 Å². The molecule has 1 aliphatic heterocycles. The molecule has 1 atom stereocenters. The summed E-state index contributed by atoms with van der Waals surface area (Å²) in [5.74, 6) is 0. The van der Waals surface area contributed by atoms with Crippen LogP contribution in [-0.2, 0) is 0 Å². The minimum atomic E-state index is 0.643. The van der Waals surface area contributed by atoms with Gasteiger partial charge in [0.05, 0.1) is 0 Å². The Labute approximate surface area is 178 Å². The minimum Gasteiger partial charge on any atom is -0.356 e. The molecular weight excluding hydrogens is 340 g/mol. The van der Waals surface area contributed by atoms with Gasteiger partial charge in [-0.05, 0) is 25.7 Å². The number of rotatable bonds is 20. The molecule has 0 aromatic carbocycles. The largest absolute Gasteiger partial charge is 0.356 e. The number of hydrogen-bond donors (Lipinski definition) is 0. The molecule has 1 heterocycles. The van der Waals surface area contributed by atoms with Crippen LogP contribution in [0.2, 0.25) is 0 Å².